The molecule has 0 bridgehead atoms. The molecule has 0 radical (unpaired) electrons. The fourth-order valence-corrected chi connectivity index (χ4v) is 1.67. The summed E-state index contributed by atoms with van der Waals surface area (Å²) in [4.78, 5) is 12.9. The lowest BCUT2D eigenvalue weighted by molar-refractivity contribution is 1.03. The number of hydrogen-bond donors (Lipinski definition) is 0. The van der Waals surface area contributed by atoms with Crippen LogP contribution in [0, 0.1) is 0 Å². The Morgan fingerprint density at radius 3 is 2.63 bits per heavy atom. The van der Waals surface area contributed by atoms with Crippen LogP contribution < -0.4 is 0 Å². The smallest absolute Gasteiger partial charge is 0.163 e. The van der Waals surface area contributed by atoms with Crippen LogP contribution >= 0.6 is 0 Å². The van der Waals surface area contributed by atoms with E-state index in [0.717, 1.165) is 11.1 Å². The van der Waals surface area contributed by atoms with E-state index in [9.17, 15) is 0 Å². The minimum Gasteiger partial charge on any atom is -0.217 e. The summed E-state index contributed by atoms with van der Waals surface area (Å²) in [6, 6.07) is 9.85. The molecule has 0 atom stereocenters. The van der Waals surface area contributed by atoms with Crippen molar-refractivity contribution in [2.45, 2.75) is 6.92 Å². The maximum atomic E-state index is 4.49. The molecule has 3 nitrogen and oxygen atoms in total. The number of nitrogens with zero attached hydrogens (tertiary/aromatic N) is 3. The van der Waals surface area contributed by atoms with E-state index in [1.165, 1.54) is 6.33 Å². The van der Waals surface area contributed by atoms with Crippen LogP contribution in [-0.2, 0) is 0 Å². The predicted octanol–water partition coefficient (Wildman–Crippen LogP) is 3.68. The van der Waals surface area contributed by atoms with E-state index in [-0.39, 0.29) is 0 Å². The van der Waals surface area contributed by atoms with Gasteiger partial charge in [-0.1, -0.05) is 61.2 Å². The first-order chi connectivity index (χ1) is 9.35. The fourth-order valence-electron chi connectivity index (χ4n) is 1.67. The van der Waals surface area contributed by atoms with E-state index in [1.807, 2.05) is 55.5 Å². The summed E-state index contributed by atoms with van der Waals surface area (Å²) in [5, 5.41) is 0. The van der Waals surface area contributed by atoms with Gasteiger partial charge in [-0.2, -0.15) is 0 Å². The highest BCUT2D eigenvalue weighted by atomic mass is 15.0. The van der Waals surface area contributed by atoms with Crippen LogP contribution in [0.15, 0.2) is 67.5 Å². The van der Waals surface area contributed by atoms with Gasteiger partial charge in [-0.25, -0.2) is 15.0 Å². The second-order valence-electron chi connectivity index (χ2n) is 3.86. The van der Waals surface area contributed by atoms with Crippen LogP contribution in [0.5, 0.6) is 0 Å². The maximum absolute atomic E-state index is 4.49. The lowest BCUT2D eigenvalue weighted by Crippen LogP contribution is -1.97. The standard InChI is InChI=1S/C16H15N3/c1-3-8-13(9-4-2)15-17-12-18-16(19-15)14-10-6-5-7-11-14/h3-12H,1H2,2H3/b9-4-,13-8+. The first-order valence-electron chi connectivity index (χ1n) is 6.05. The van der Waals surface area contributed by atoms with Gasteiger partial charge in [-0.3, -0.25) is 0 Å². The van der Waals surface area contributed by atoms with Gasteiger partial charge in [-0.05, 0) is 6.92 Å². The molecule has 0 aliphatic rings. The number of benzene rings is 1. The van der Waals surface area contributed by atoms with Crippen LogP contribution in [0.4, 0.5) is 0 Å². The highest BCUT2D eigenvalue weighted by Crippen LogP contribution is 2.16. The molecule has 1 aromatic heterocycles. The van der Waals surface area contributed by atoms with Crippen molar-refractivity contribution >= 4 is 5.57 Å². The van der Waals surface area contributed by atoms with E-state index >= 15 is 0 Å². The number of rotatable bonds is 4. The summed E-state index contributed by atoms with van der Waals surface area (Å²) >= 11 is 0. The Hall–Kier alpha value is -2.55. The van der Waals surface area contributed by atoms with Crippen LogP contribution in [-0.4, -0.2) is 15.0 Å². The minimum atomic E-state index is 0.645. The van der Waals surface area contributed by atoms with Gasteiger partial charge in [0.2, 0.25) is 0 Å². The third-order valence-corrected chi connectivity index (χ3v) is 2.51. The van der Waals surface area contributed by atoms with Crippen LogP contribution in [0.3, 0.4) is 0 Å². The lowest BCUT2D eigenvalue weighted by atomic mass is 10.2. The molecule has 94 valence electrons. The zero-order valence-corrected chi connectivity index (χ0v) is 10.8. The van der Waals surface area contributed by atoms with Crippen molar-refractivity contribution in [1.82, 2.24) is 15.0 Å². The van der Waals surface area contributed by atoms with E-state index in [2.05, 4.69) is 21.5 Å². The second kappa shape index (κ2) is 6.40. The zero-order chi connectivity index (χ0) is 13.5. The quantitative estimate of drug-likeness (QED) is 0.776. The normalized spacial score (nSPS) is 11.7. The summed E-state index contributed by atoms with van der Waals surface area (Å²) in [6.45, 7) is 5.66. The molecule has 0 N–H and O–H groups in total. The third-order valence-electron chi connectivity index (χ3n) is 2.51. The molecule has 0 fully saturated rings. The molecule has 19 heavy (non-hydrogen) atoms. The molecule has 0 amide bonds. The van der Waals surface area contributed by atoms with Crippen LogP contribution in [0.1, 0.15) is 12.7 Å². The highest BCUT2D eigenvalue weighted by molar-refractivity contribution is 5.71. The molecule has 0 aliphatic carbocycles. The van der Waals surface area contributed by atoms with E-state index in [4.69, 9.17) is 0 Å². The molecule has 0 saturated heterocycles. The van der Waals surface area contributed by atoms with Gasteiger partial charge in [-0.15, -0.1) is 0 Å². The fraction of sp³-hybridized carbons (Fsp3) is 0.0625. The topological polar surface area (TPSA) is 38.7 Å². The van der Waals surface area contributed by atoms with Crippen molar-refractivity contribution in [3.8, 4) is 11.4 Å². The van der Waals surface area contributed by atoms with Crippen molar-refractivity contribution in [1.29, 1.82) is 0 Å². The Morgan fingerprint density at radius 1 is 1.16 bits per heavy atom. The molecule has 2 aromatic rings. The third kappa shape index (κ3) is 3.22. The Bertz CT molecular complexity index is 613. The second-order valence-corrected chi connectivity index (χ2v) is 3.86. The summed E-state index contributed by atoms with van der Waals surface area (Å²) < 4.78 is 0. The van der Waals surface area contributed by atoms with E-state index < -0.39 is 0 Å². The number of allylic oxidation sites excluding steroid dienone is 5. The van der Waals surface area contributed by atoms with Crippen molar-refractivity contribution in [2.75, 3.05) is 0 Å². The van der Waals surface area contributed by atoms with Crippen LogP contribution in [0.2, 0.25) is 0 Å². The van der Waals surface area contributed by atoms with Crippen LogP contribution in [0.25, 0.3) is 17.0 Å². The van der Waals surface area contributed by atoms with Gasteiger partial charge in [0.25, 0.3) is 0 Å². The molecule has 0 aliphatic heterocycles. The largest absolute Gasteiger partial charge is 0.217 e. The zero-order valence-electron chi connectivity index (χ0n) is 10.8. The molecule has 0 unspecified atom stereocenters. The lowest BCUT2D eigenvalue weighted by Gasteiger charge is -2.03. The first-order valence-corrected chi connectivity index (χ1v) is 6.05. The maximum Gasteiger partial charge on any atom is 0.163 e. The molecule has 0 spiro atoms. The number of aromatic nitrogens is 3. The van der Waals surface area contributed by atoms with Gasteiger partial charge >= 0.3 is 0 Å². The highest BCUT2D eigenvalue weighted by Gasteiger charge is 2.05. The molecular weight excluding hydrogens is 234 g/mol. The summed E-state index contributed by atoms with van der Waals surface area (Å²) in [5.41, 5.74) is 1.89. The van der Waals surface area contributed by atoms with Gasteiger partial charge in [0.05, 0.1) is 0 Å². The summed E-state index contributed by atoms with van der Waals surface area (Å²) in [5.74, 6) is 1.32. The summed E-state index contributed by atoms with van der Waals surface area (Å²) in [6.07, 6.45) is 9.03. The Balaban J connectivity index is 2.44. The SMILES string of the molecule is C=C/C=C(\C=C/C)c1ncnc(-c2ccccc2)n1. The number of hydrogen-bond acceptors (Lipinski definition) is 3. The monoisotopic (exact) mass is 249 g/mol. The molecular formula is C16H15N3. The van der Waals surface area contributed by atoms with Gasteiger partial charge in [0.15, 0.2) is 11.6 Å². The molecule has 1 heterocycles. The van der Waals surface area contributed by atoms with Crippen molar-refractivity contribution in [3.05, 3.63) is 73.4 Å². The van der Waals surface area contributed by atoms with Crippen molar-refractivity contribution in [2.24, 2.45) is 0 Å². The van der Waals surface area contributed by atoms with Gasteiger partial charge < -0.3 is 0 Å². The molecule has 3 heteroatoms. The predicted molar refractivity (Wildman–Crippen MR) is 78.3 cm³/mol. The Labute approximate surface area is 113 Å². The average Bonchev–Trinajstić information content (AvgIpc) is 2.48. The molecule has 0 saturated carbocycles. The van der Waals surface area contributed by atoms with E-state index in [0.29, 0.717) is 11.6 Å². The van der Waals surface area contributed by atoms with Gasteiger partial charge in [0.1, 0.15) is 6.33 Å². The Morgan fingerprint density at radius 2 is 1.95 bits per heavy atom. The van der Waals surface area contributed by atoms with Crippen molar-refractivity contribution < 1.29 is 0 Å². The van der Waals surface area contributed by atoms with E-state index in [1.54, 1.807) is 6.08 Å². The molecule has 1 aromatic carbocycles. The Kier molecular flexibility index (Phi) is 4.34. The summed E-state index contributed by atoms with van der Waals surface area (Å²) in [7, 11) is 0. The first kappa shape index (κ1) is 12.9. The average molecular weight is 249 g/mol. The van der Waals surface area contributed by atoms with Crippen molar-refractivity contribution in [3.63, 3.8) is 0 Å². The van der Waals surface area contributed by atoms with Gasteiger partial charge in [0, 0.05) is 11.1 Å². The molecule has 2 rings (SSSR count). The minimum absolute atomic E-state index is 0.645.